The lowest BCUT2D eigenvalue weighted by atomic mass is 9.83. The highest BCUT2D eigenvalue weighted by molar-refractivity contribution is 5.03. The van der Waals surface area contributed by atoms with E-state index in [4.69, 9.17) is 57.1 Å². The van der Waals surface area contributed by atoms with Gasteiger partial charge < -0.3 is 97.7 Å². The van der Waals surface area contributed by atoms with E-state index in [1.54, 1.807) is 19.0 Å². The zero-order valence-electron chi connectivity index (χ0n) is 24.7. The first-order valence-electron chi connectivity index (χ1n) is 14.7. The Morgan fingerprint density at radius 2 is 1.07 bits per heavy atom. The van der Waals surface area contributed by atoms with E-state index in [0.29, 0.717) is 0 Å². The Labute approximate surface area is 254 Å². The Morgan fingerprint density at radius 1 is 0.614 bits per heavy atom. The molecule has 0 spiro atoms. The van der Waals surface area contributed by atoms with Crippen LogP contribution in [0.1, 0.15) is 6.42 Å². The monoisotopic (exact) mass is 642 g/mol. The highest BCUT2D eigenvalue weighted by Gasteiger charge is 2.55. The molecule has 1 aliphatic carbocycles. The van der Waals surface area contributed by atoms with Crippen LogP contribution < -0.4 is 28.7 Å². The molecule has 0 radical (unpaired) electrons. The van der Waals surface area contributed by atoms with Crippen LogP contribution in [0.4, 0.5) is 0 Å². The van der Waals surface area contributed by atoms with E-state index in [9.17, 15) is 35.7 Å². The average molecular weight is 643 g/mol. The number of likely N-dealkylation sites (N-methyl/N-ethyl adjacent to an activating group) is 1. The average Bonchev–Trinajstić information content (AvgIpc) is 3.29. The van der Waals surface area contributed by atoms with Crippen molar-refractivity contribution in [1.82, 2.24) is 4.90 Å². The summed E-state index contributed by atoms with van der Waals surface area (Å²) in [6.07, 6.45) is -19.2. The normalized spacial score (nSPS) is 52.0. The van der Waals surface area contributed by atoms with E-state index in [2.05, 4.69) is 0 Å². The van der Waals surface area contributed by atoms with Gasteiger partial charge in [-0.15, -0.1) is 0 Å². The van der Waals surface area contributed by atoms with Gasteiger partial charge in [0.2, 0.25) is 0 Å². The van der Waals surface area contributed by atoms with Crippen LogP contribution in [-0.4, -0.2) is 191 Å². The summed E-state index contributed by atoms with van der Waals surface area (Å²) in [4.78, 5) is 1.79. The summed E-state index contributed by atoms with van der Waals surface area (Å²) in [6, 6.07) is -3.73. The van der Waals surface area contributed by atoms with Gasteiger partial charge >= 0.3 is 0 Å². The minimum atomic E-state index is -1.58. The smallest absolute Gasteiger partial charge is 0.187 e. The quantitative estimate of drug-likeness (QED) is 0.105. The number of nitrogens with two attached hydrogens (primary N) is 5. The molecular formula is C25H50N6O13. The largest absolute Gasteiger partial charge is 0.394 e. The molecular weight excluding hydrogens is 592 g/mol. The SMILES string of the molecule is CN(C)[C@H]1C[C@@H](N)[C@H](O)[C@@H](O[C@@H]2O[C@H](CO)[C@@H](O[C@H]3O[C@@H](CN)[C@@H](O)[C@H](O)[C@H]3N)[C@H]2O)[C@@H]1O[C@H]1O[C@H](CN)[C@@H](O)[C@H](O)[C@H]1N. The van der Waals surface area contributed by atoms with E-state index in [-0.39, 0.29) is 19.5 Å². The van der Waals surface area contributed by atoms with Crippen molar-refractivity contribution in [3.05, 3.63) is 0 Å². The lowest BCUT2D eigenvalue weighted by molar-refractivity contribution is -0.311. The molecule has 19 atom stereocenters. The highest BCUT2D eigenvalue weighted by Crippen LogP contribution is 2.35. The van der Waals surface area contributed by atoms with Gasteiger partial charge in [-0.2, -0.15) is 0 Å². The predicted molar refractivity (Wildman–Crippen MR) is 148 cm³/mol. The number of rotatable bonds is 10. The van der Waals surface area contributed by atoms with Gasteiger partial charge in [-0.25, -0.2) is 0 Å². The van der Waals surface area contributed by atoms with Crippen molar-refractivity contribution in [2.45, 2.75) is 123 Å². The van der Waals surface area contributed by atoms with Crippen molar-refractivity contribution >= 4 is 0 Å². The van der Waals surface area contributed by atoms with Crippen molar-refractivity contribution in [1.29, 1.82) is 0 Å². The second-order valence-electron chi connectivity index (χ2n) is 12.1. The molecule has 0 aromatic carbocycles. The van der Waals surface area contributed by atoms with E-state index in [0.717, 1.165) is 0 Å². The highest BCUT2D eigenvalue weighted by atomic mass is 16.8. The van der Waals surface area contributed by atoms with Crippen molar-refractivity contribution < 1.29 is 64.2 Å². The molecule has 19 nitrogen and oxygen atoms in total. The zero-order chi connectivity index (χ0) is 32.6. The third-order valence-corrected chi connectivity index (χ3v) is 8.96. The number of aliphatic hydroxyl groups excluding tert-OH is 7. The third-order valence-electron chi connectivity index (χ3n) is 8.96. The molecule has 0 amide bonds. The fourth-order valence-electron chi connectivity index (χ4n) is 6.18. The van der Waals surface area contributed by atoms with Crippen molar-refractivity contribution in [2.75, 3.05) is 33.8 Å². The van der Waals surface area contributed by atoms with Gasteiger partial charge in [-0.05, 0) is 20.5 Å². The molecule has 4 aliphatic rings. The zero-order valence-corrected chi connectivity index (χ0v) is 24.7. The summed E-state index contributed by atoms with van der Waals surface area (Å²) in [5.41, 5.74) is 29.8. The molecule has 19 heteroatoms. The summed E-state index contributed by atoms with van der Waals surface area (Å²) >= 11 is 0. The Kier molecular flexibility index (Phi) is 12.3. The van der Waals surface area contributed by atoms with Crippen LogP contribution in [0.25, 0.3) is 0 Å². The molecule has 44 heavy (non-hydrogen) atoms. The van der Waals surface area contributed by atoms with Gasteiger partial charge in [0.05, 0.1) is 24.8 Å². The third kappa shape index (κ3) is 7.06. The number of aliphatic hydroxyl groups is 7. The Bertz CT molecular complexity index is 913. The van der Waals surface area contributed by atoms with E-state index in [1.165, 1.54) is 0 Å². The van der Waals surface area contributed by atoms with Gasteiger partial charge in [0.15, 0.2) is 18.9 Å². The van der Waals surface area contributed by atoms with Gasteiger partial charge in [0.1, 0.15) is 67.1 Å². The maximum atomic E-state index is 11.2. The first-order chi connectivity index (χ1) is 20.7. The van der Waals surface area contributed by atoms with E-state index >= 15 is 0 Å². The molecule has 0 unspecified atom stereocenters. The van der Waals surface area contributed by atoms with E-state index < -0.39 is 123 Å². The maximum Gasteiger partial charge on any atom is 0.187 e. The standard InChI is InChI=1S/C25H50N6O13/c1-31(2)8-3-7(28)14(33)22(20(8)42-23-12(29)17(36)15(34)9(4-26)39-23)44-25-19(38)21(11(6-32)41-25)43-24-13(30)18(37)16(35)10(5-27)40-24/h7-25,32-38H,3-6,26-30H2,1-2H3/t7-,8+,9-,10+,11-,12-,13-,14+,15-,16-,17-,18-,19-,20-,21-,22-,23-,24-,25+/m1/s1. The Balaban J connectivity index is 1.55. The molecule has 4 rings (SSSR count). The first kappa shape index (κ1) is 36.1. The summed E-state index contributed by atoms with van der Waals surface area (Å²) in [5.74, 6) is 0. The van der Waals surface area contributed by atoms with Crippen molar-refractivity contribution in [2.24, 2.45) is 28.7 Å². The lowest BCUT2D eigenvalue weighted by Crippen LogP contribution is -2.68. The second-order valence-corrected chi connectivity index (χ2v) is 12.1. The number of hydrogen-bond acceptors (Lipinski definition) is 19. The first-order valence-corrected chi connectivity index (χ1v) is 14.7. The van der Waals surface area contributed by atoms with Crippen LogP contribution >= 0.6 is 0 Å². The number of hydrogen-bond donors (Lipinski definition) is 12. The summed E-state index contributed by atoms with van der Waals surface area (Å²) in [6.45, 7) is -0.926. The summed E-state index contributed by atoms with van der Waals surface area (Å²) in [7, 11) is 3.51. The van der Waals surface area contributed by atoms with Gasteiger partial charge in [-0.3, -0.25) is 0 Å². The van der Waals surface area contributed by atoms with Crippen LogP contribution in [0, 0.1) is 0 Å². The Morgan fingerprint density at radius 3 is 1.52 bits per heavy atom. The molecule has 1 saturated carbocycles. The summed E-state index contributed by atoms with van der Waals surface area (Å²) < 4.78 is 35.4. The molecule has 258 valence electrons. The molecule has 3 saturated heterocycles. The van der Waals surface area contributed by atoms with E-state index in [1.807, 2.05) is 0 Å². The molecule has 0 aromatic rings. The van der Waals surface area contributed by atoms with Gasteiger partial charge in [-0.1, -0.05) is 0 Å². The second kappa shape index (κ2) is 15.0. The van der Waals surface area contributed by atoms with Crippen LogP contribution in [0.15, 0.2) is 0 Å². The molecule has 4 fully saturated rings. The lowest BCUT2D eigenvalue weighted by Gasteiger charge is -2.49. The number of ether oxygens (including phenoxy) is 6. The number of nitrogens with zero attached hydrogens (tertiary/aromatic N) is 1. The minimum Gasteiger partial charge on any atom is -0.394 e. The molecule has 0 bridgehead atoms. The predicted octanol–water partition coefficient (Wildman–Crippen LogP) is -8.29. The molecule has 3 heterocycles. The fourth-order valence-corrected chi connectivity index (χ4v) is 6.18. The summed E-state index contributed by atoms with van der Waals surface area (Å²) in [5, 5.41) is 73.7. The van der Waals surface area contributed by atoms with Crippen molar-refractivity contribution in [3.8, 4) is 0 Å². The fraction of sp³-hybridized carbons (Fsp3) is 1.00. The Hall–Kier alpha value is -0.760. The van der Waals surface area contributed by atoms with Crippen LogP contribution in [0.5, 0.6) is 0 Å². The molecule has 0 aromatic heterocycles. The van der Waals surface area contributed by atoms with Crippen molar-refractivity contribution in [3.63, 3.8) is 0 Å². The van der Waals surface area contributed by atoms with Crippen LogP contribution in [0.2, 0.25) is 0 Å². The maximum absolute atomic E-state index is 11.2. The van der Waals surface area contributed by atoms with Crippen LogP contribution in [0.3, 0.4) is 0 Å². The van der Waals surface area contributed by atoms with Crippen LogP contribution in [-0.2, 0) is 28.4 Å². The topological polar surface area (TPSA) is 330 Å². The van der Waals surface area contributed by atoms with Gasteiger partial charge in [0, 0.05) is 25.2 Å². The minimum absolute atomic E-state index is 0.136. The molecule has 17 N–H and O–H groups in total. The molecule has 3 aliphatic heterocycles. The van der Waals surface area contributed by atoms with Gasteiger partial charge in [0.25, 0.3) is 0 Å².